The molecule has 0 saturated carbocycles. The molecule has 1 aromatic heterocycles. The molecule has 2 aliphatic heterocycles. The minimum Gasteiger partial charge on any atom is -0.396 e. The number of hydrogen-bond donors (Lipinski definition) is 1. The van der Waals surface area contributed by atoms with Gasteiger partial charge in [-0.2, -0.15) is 0 Å². The van der Waals surface area contributed by atoms with Crippen molar-refractivity contribution in [3.05, 3.63) is 23.0 Å². The van der Waals surface area contributed by atoms with Crippen molar-refractivity contribution in [1.29, 1.82) is 0 Å². The van der Waals surface area contributed by atoms with Gasteiger partial charge in [0.1, 0.15) is 0 Å². The third-order valence-corrected chi connectivity index (χ3v) is 4.52. The van der Waals surface area contributed by atoms with Gasteiger partial charge in [0.25, 0.3) is 0 Å². The highest BCUT2D eigenvalue weighted by Gasteiger charge is 2.44. The molecule has 16 heavy (non-hydrogen) atoms. The Morgan fingerprint density at radius 2 is 2.31 bits per heavy atom. The van der Waals surface area contributed by atoms with Crippen LogP contribution in [0.25, 0.3) is 0 Å². The summed E-state index contributed by atoms with van der Waals surface area (Å²) in [6.07, 6.45) is 5.77. The highest BCUT2D eigenvalue weighted by Crippen LogP contribution is 2.45. The summed E-state index contributed by atoms with van der Waals surface area (Å²) in [4.78, 5) is 6.66. The Kier molecular flexibility index (Phi) is 2.33. The molecule has 3 rings (SSSR count). The number of nitrogen functional groups attached to an aromatic ring is 1. The minimum atomic E-state index is 0.417. The van der Waals surface area contributed by atoms with E-state index in [1.165, 1.54) is 24.8 Å². The van der Waals surface area contributed by atoms with Crippen molar-refractivity contribution in [3.63, 3.8) is 0 Å². The molecule has 2 fully saturated rings. The summed E-state index contributed by atoms with van der Waals surface area (Å²) in [5.41, 5.74) is 7.67. The predicted molar refractivity (Wildman–Crippen MR) is 65.6 cm³/mol. The lowest BCUT2D eigenvalue weighted by Gasteiger charge is -2.21. The molecule has 2 N–H and O–H groups in total. The summed E-state index contributed by atoms with van der Waals surface area (Å²) in [6.45, 7) is 0. The van der Waals surface area contributed by atoms with E-state index >= 15 is 0 Å². The van der Waals surface area contributed by atoms with Crippen molar-refractivity contribution >= 4 is 17.3 Å². The fraction of sp³-hybridized carbons (Fsp3) is 0.583. The standard InChI is InChI=1S/C12H16ClN3/c1-16-8-2-3-11(16)9(5-8)7-4-10(14)12(13)15-6-7/h4,6,8-9,11H,2-3,5,14H2,1H3/t8-,9+,11+/m0/s1. The number of pyridine rings is 1. The van der Waals surface area contributed by atoms with Crippen LogP contribution in [0.2, 0.25) is 5.15 Å². The Hall–Kier alpha value is -0.800. The average Bonchev–Trinajstić information content (AvgIpc) is 2.78. The zero-order valence-corrected chi connectivity index (χ0v) is 10.1. The molecular formula is C12H16ClN3. The Bertz CT molecular complexity index is 421. The molecule has 3 atom stereocenters. The zero-order valence-electron chi connectivity index (χ0n) is 9.36. The number of anilines is 1. The molecule has 1 aromatic rings. The molecule has 2 bridgehead atoms. The first kappa shape index (κ1) is 10.4. The summed E-state index contributed by atoms with van der Waals surface area (Å²) in [7, 11) is 2.23. The van der Waals surface area contributed by atoms with Crippen LogP contribution in [-0.2, 0) is 0 Å². The van der Waals surface area contributed by atoms with Crippen LogP contribution in [0.3, 0.4) is 0 Å². The third kappa shape index (κ3) is 1.42. The van der Waals surface area contributed by atoms with Crippen molar-refractivity contribution in [1.82, 2.24) is 9.88 Å². The van der Waals surface area contributed by atoms with Crippen LogP contribution in [0, 0.1) is 0 Å². The van der Waals surface area contributed by atoms with Crippen molar-refractivity contribution in [2.24, 2.45) is 0 Å². The summed E-state index contributed by atoms with van der Waals surface area (Å²) >= 11 is 5.85. The number of fused-ring (bicyclic) bond motifs is 2. The van der Waals surface area contributed by atoms with E-state index in [2.05, 4.69) is 16.9 Å². The van der Waals surface area contributed by atoms with E-state index in [1.54, 1.807) is 0 Å². The molecule has 0 aromatic carbocycles. The molecule has 2 aliphatic rings. The molecule has 3 heterocycles. The molecule has 0 unspecified atom stereocenters. The van der Waals surface area contributed by atoms with Crippen molar-refractivity contribution in [2.45, 2.75) is 37.3 Å². The van der Waals surface area contributed by atoms with Gasteiger partial charge < -0.3 is 5.73 Å². The first-order valence-corrected chi connectivity index (χ1v) is 6.17. The predicted octanol–water partition coefficient (Wildman–Crippen LogP) is 2.27. The minimum absolute atomic E-state index is 0.417. The highest BCUT2D eigenvalue weighted by atomic mass is 35.5. The first-order valence-electron chi connectivity index (χ1n) is 5.79. The molecule has 0 spiro atoms. The van der Waals surface area contributed by atoms with Crippen LogP contribution in [0.15, 0.2) is 12.3 Å². The van der Waals surface area contributed by atoms with Gasteiger partial charge in [-0.1, -0.05) is 11.6 Å². The van der Waals surface area contributed by atoms with Gasteiger partial charge >= 0.3 is 0 Å². The zero-order chi connectivity index (χ0) is 11.3. The van der Waals surface area contributed by atoms with E-state index in [9.17, 15) is 0 Å². The second-order valence-electron chi connectivity index (χ2n) is 4.95. The highest BCUT2D eigenvalue weighted by molar-refractivity contribution is 6.31. The molecule has 86 valence electrons. The van der Waals surface area contributed by atoms with Crippen LogP contribution in [0.1, 0.15) is 30.7 Å². The summed E-state index contributed by atoms with van der Waals surface area (Å²) in [6, 6.07) is 3.42. The Balaban J connectivity index is 1.91. The van der Waals surface area contributed by atoms with Gasteiger partial charge in [0.05, 0.1) is 5.69 Å². The van der Waals surface area contributed by atoms with Crippen molar-refractivity contribution in [3.8, 4) is 0 Å². The lowest BCUT2D eigenvalue weighted by atomic mass is 9.84. The average molecular weight is 238 g/mol. The SMILES string of the molecule is CN1[C@H]2CC[C@@H]1[C@@H](c1cnc(Cl)c(N)c1)C2. The number of nitrogens with two attached hydrogens (primary N) is 1. The van der Waals surface area contributed by atoms with Crippen LogP contribution in [-0.4, -0.2) is 29.0 Å². The largest absolute Gasteiger partial charge is 0.396 e. The number of nitrogens with zero attached hydrogens (tertiary/aromatic N) is 2. The topological polar surface area (TPSA) is 42.2 Å². The summed E-state index contributed by atoms with van der Waals surface area (Å²) < 4.78 is 0. The fourth-order valence-corrected chi connectivity index (χ4v) is 3.41. The van der Waals surface area contributed by atoms with Crippen molar-refractivity contribution in [2.75, 3.05) is 12.8 Å². The summed E-state index contributed by atoms with van der Waals surface area (Å²) in [5, 5.41) is 0.417. The molecule has 0 aliphatic carbocycles. The number of halogens is 1. The molecule has 2 saturated heterocycles. The monoisotopic (exact) mass is 237 g/mol. The van der Waals surface area contributed by atoms with E-state index in [1.807, 2.05) is 12.3 Å². The number of aromatic nitrogens is 1. The van der Waals surface area contributed by atoms with E-state index in [0.29, 0.717) is 22.8 Å². The molecule has 3 nitrogen and oxygen atoms in total. The molecule has 4 heteroatoms. The second-order valence-corrected chi connectivity index (χ2v) is 5.31. The third-order valence-electron chi connectivity index (χ3n) is 4.20. The van der Waals surface area contributed by atoms with Crippen LogP contribution in [0.5, 0.6) is 0 Å². The maximum atomic E-state index is 5.85. The van der Waals surface area contributed by atoms with Crippen LogP contribution < -0.4 is 5.73 Å². The Morgan fingerprint density at radius 1 is 1.50 bits per heavy atom. The molecular weight excluding hydrogens is 222 g/mol. The maximum absolute atomic E-state index is 5.85. The van der Waals surface area contributed by atoms with Crippen LogP contribution in [0.4, 0.5) is 5.69 Å². The van der Waals surface area contributed by atoms with E-state index in [0.717, 1.165) is 6.04 Å². The van der Waals surface area contributed by atoms with E-state index in [-0.39, 0.29) is 0 Å². The van der Waals surface area contributed by atoms with Gasteiger partial charge in [-0.05, 0) is 37.9 Å². The lowest BCUT2D eigenvalue weighted by Crippen LogP contribution is -2.25. The smallest absolute Gasteiger partial charge is 0.151 e. The van der Waals surface area contributed by atoms with Gasteiger partial charge in [-0.25, -0.2) is 4.98 Å². The van der Waals surface area contributed by atoms with Gasteiger partial charge in [0, 0.05) is 24.2 Å². The van der Waals surface area contributed by atoms with Gasteiger partial charge in [0.2, 0.25) is 0 Å². The normalized spacial score (nSPS) is 33.5. The Labute approximate surface area is 101 Å². The number of likely N-dealkylation sites (N-methyl/N-ethyl adjacent to an activating group) is 1. The molecule has 0 radical (unpaired) electrons. The quantitative estimate of drug-likeness (QED) is 0.762. The molecule has 0 amide bonds. The Morgan fingerprint density at radius 3 is 2.88 bits per heavy atom. The van der Waals surface area contributed by atoms with Crippen LogP contribution >= 0.6 is 11.6 Å². The van der Waals surface area contributed by atoms with E-state index in [4.69, 9.17) is 17.3 Å². The number of hydrogen-bond acceptors (Lipinski definition) is 3. The fourth-order valence-electron chi connectivity index (χ4n) is 3.30. The van der Waals surface area contributed by atoms with Gasteiger partial charge in [-0.15, -0.1) is 0 Å². The van der Waals surface area contributed by atoms with Gasteiger partial charge in [-0.3, -0.25) is 4.90 Å². The second kappa shape index (κ2) is 3.60. The van der Waals surface area contributed by atoms with Crippen molar-refractivity contribution < 1.29 is 0 Å². The lowest BCUT2D eigenvalue weighted by molar-refractivity contribution is 0.307. The number of rotatable bonds is 1. The van der Waals surface area contributed by atoms with Gasteiger partial charge in [0.15, 0.2) is 5.15 Å². The maximum Gasteiger partial charge on any atom is 0.151 e. The summed E-state index contributed by atoms with van der Waals surface area (Å²) in [5.74, 6) is 0.593. The van der Waals surface area contributed by atoms with E-state index < -0.39 is 0 Å². The first-order chi connectivity index (χ1) is 7.66.